The molecule has 5 atom stereocenters. The minimum absolute atomic E-state index is 0.340. The van der Waals surface area contributed by atoms with Crippen LogP contribution in [0.25, 0.3) is 0 Å². The Bertz CT molecular complexity index is 705. The molecule has 2 aromatic rings. The molecule has 0 saturated carbocycles. The van der Waals surface area contributed by atoms with Crippen LogP contribution in [0.1, 0.15) is 18.1 Å². The Balaban J connectivity index is 1.74. The van der Waals surface area contributed by atoms with E-state index in [1.165, 1.54) is 0 Å². The van der Waals surface area contributed by atoms with Crippen LogP contribution in [0.5, 0.6) is 0 Å². The first kappa shape index (κ1) is 20.7. The summed E-state index contributed by atoms with van der Waals surface area (Å²) in [4.78, 5) is 0. The number of benzene rings is 2. The molecule has 1 aliphatic rings. The lowest BCUT2D eigenvalue weighted by Crippen LogP contribution is -2.59. The van der Waals surface area contributed by atoms with Crippen molar-refractivity contribution in [3.63, 3.8) is 0 Å². The Kier molecular flexibility index (Phi) is 7.77. The first-order valence-corrected chi connectivity index (χ1v) is 9.56. The molecular weight excluding hydrogens is 356 g/mol. The molecular formula is C23H28O5. The van der Waals surface area contributed by atoms with E-state index in [-0.39, 0.29) is 12.2 Å². The van der Waals surface area contributed by atoms with Gasteiger partial charge in [0.2, 0.25) is 0 Å². The van der Waals surface area contributed by atoms with Crippen LogP contribution in [0.15, 0.2) is 73.3 Å². The number of hydrogen-bond donors (Lipinski definition) is 1. The standard InChI is InChI=1S/C23H28O5/c1-3-14-25-20-17(2)28-23(24)22(27-16-19-12-8-5-9-13-19)21(20)26-15-18-10-6-4-7-11-18/h3-13,17,20-24H,1,14-16H2,2H3/t17-,20-,21+,22-,23?/m1/s1. The third kappa shape index (κ3) is 5.50. The quantitative estimate of drug-likeness (QED) is 0.671. The van der Waals surface area contributed by atoms with Gasteiger partial charge in [0.15, 0.2) is 6.29 Å². The molecule has 2 aromatic carbocycles. The highest BCUT2D eigenvalue weighted by Crippen LogP contribution is 2.28. The predicted molar refractivity (Wildman–Crippen MR) is 107 cm³/mol. The van der Waals surface area contributed by atoms with Crippen LogP contribution in [0.3, 0.4) is 0 Å². The van der Waals surface area contributed by atoms with E-state index >= 15 is 0 Å². The Hall–Kier alpha value is -2.02. The van der Waals surface area contributed by atoms with Gasteiger partial charge in [0.25, 0.3) is 0 Å². The highest BCUT2D eigenvalue weighted by atomic mass is 16.7. The van der Waals surface area contributed by atoms with E-state index in [2.05, 4.69) is 6.58 Å². The largest absolute Gasteiger partial charge is 0.369 e. The van der Waals surface area contributed by atoms with Gasteiger partial charge in [-0.25, -0.2) is 0 Å². The zero-order valence-corrected chi connectivity index (χ0v) is 16.1. The van der Waals surface area contributed by atoms with Crippen LogP contribution < -0.4 is 0 Å². The van der Waals surface area contributed by atoms with Crippen LogP contribution in [0.4, 0.5) is 0 Å². The highest BCUT2D eigenvalue weighted by molar-refractivity contribution is 5.14. The van der Waals surface area contributed by atoms with Gasteiger partial charge in [0.1, 0.15) is 18.3 Å². The van der Waals surface area contributed by atoms with Gasteiger partial charge in [0.05, 0.1) is 25.9 Å². The fourth-order valence-electron chi connectivity index (χ4n) is 3.30. The molecule has 1 unspecified atom stereocenters. The molecule has 1 saturated heterocycles. The lowest BCUT2D eigenvalue weighted by molar-refractivity contribution is -0.305. The Morgan fingerprint density at radius 1 is 0.857 bits per heavy atom. The summed E-state index contributed by atoms with van der Waals surface area (Å²) in [6.45, 7) is 6.68. The maximum Gasteiger partial charge on any atom is 0.184 e. The summed E-state index contributed by atoms with van der Waals surface area (Å²) in [5, 5.41) is 10.5. The third-order valence-corrected chi connectivity index (χ3v) is 4.72. The average molecular weight is 384 g/mol. The minimum atomic E-state index is -1.09. The molecule has 5 heteroatoms. The fraction of sp³-hybridized carbons (Fsp3) is 0.391. The van der Waals surface area contributed by atoms with E-state index in [4.69, 9.17) is 18.9 Å². The van der Waals surface area contributed by atoms with Crippen molar-refractivity contribution in [1.82, 2.24) is 0 Å². The van der Waals surface area contributed by atoms with Crippen molar-refractivity contribution in [3.05, 3.63) is 84.4 Å². The first-order chi connectivity index (χ1) is 13.7. The lowest BCUT2D eigenvalue weighted by Gasteiger charge is -2.43. The smallest absolute Gasteiger partial charge is 0.184 e. The minimum Gasteiger partial charge on any atom is -0.369 e. The van der Waals surface area contributed by atoms with E-state index in [0.717, 1.165) is 11.1 Å². The van der Waals surface area contributed by atoms with E-state index in [1.807, 2.05) is 67.6 Å². The average Bonchev–Trinajstić information content (AvgIpc) is 2.72. The van der Waals surface area contributed by atoms with Gasteiger partial charge in [-0.05, 0) is 18.1 Å². The third-order valence-electron chi connectivity index (χ3n) is 4.72. The molecule has 5 nitrogen and oxygen atoms in total. The van der Waals surface area contributed by atoms with E-state index in [9.17, 15) is 5.11 Å². The van der Waals surface area contributed by atoms with Gasteiger partial charge in [-0.15, -0.1) is 6.58 Å². The van der Waals surface area contributed by atoms with Crippen molar-refractivity contribution in [1.29, 1.82) is 0 Å². The Labute approximate surface area is 166 Å². The van der Waals surface area contributed by atoms with Gasteiger partial charge >= 0.3 is 0 Å². The summed E-state index contributed by atoms with van der Waals surface area (Å²) in [6, 6.07) is 19.7. The zero-order valence-electron chi connectivity index (χ0n) is 16.1. The molecule has 0 amide bonds. The van der Waals surface area contributed by atoms with E-state index < -0.39 is 18.5 Å². The van der Waals surface area contributed by atoms with Crippen LogP contribution >= 0.6 is 0 Å². The molecule has 28 heavy (non-hydrogen) atoms. The van der Waals surface area contributed by atoms with Crippen molar-refractivity contribution >= 4 is 0 Å². The van der Waals surface area contributed by atoms with Crippen LogP contribution in [-0.4, -0.2) is 42.4 Å². The lowest BCUT2D eigenvalue weighted by atomic mass is 9.99. The van der Waals surface area contributed by atoms with Crippen molar-refractivity contribution in [2.45, 2.75) is 50.8 Å². The monoisotopic (exact) mass is 384 g/mol. The molecule has 1 fully saturated rings. The molecule has 0 aromatic heterocycles. The Morgan fingerprint density at radius 3 is 1.93 bits per heavy atom. The highest BCUT2D eigenvalue weighted by Gasteiger charge is 2.46. The van der Waals surface area contributed by atoms with Gasteiger partial charge in [-0.1, -0.05) is 66.7 Å². The summed E-state index contributed by atoms with van der Waals surface area (Å²) in [6.07, 6.45) is -1.29. The molecule has 1 aliphatic heterocycles. The van der Waals surface area contributed by atoms with Crippen molar-refractivity contribution in [2.75, 3.05) is 6.61 Å². The van der Waals surface area contributed by atoms with Gasteiger partial charge in [-0.3, -0.25) is 0 Å². The van der Waals surface area contributed by atoms with Gasteiger partial charge < -0.3 is 24.1 Å². The molecule has 150 valence electrons. The maximum absolute atomic E-state index is 10.5. The van der Waals surface area contributed by atoms with Gasteiger partial charge in [0, 0.05) is 0 Å². The van der Waals surface area contributed by atoms with E-state index in [1.54, 1.807) is 6.08 Å². The molecule has 3 rings (SSSR count). The molecule has 1 heterocycles. The molecule has 1 N–H and O–H groups in total. The summed E-state index contributed by atoms with van der Waals surface area (Å²) in [7, 11) is 0. The molecule has 0 spiro atoms. The summed E-state index contributed by atoms with van der Waals surface area (Å²) in [5.74, 6) is 0. The van der Waals surface area contributed by atoms with Crippen LogP contribution in [0.2, 0.25) is 0 Å². The van der Waals surface area contributed by atoms with E-state index in [0.29, 0.717) is 19.8 Å². The van der Waals surface area contributed by atoms with Crippen molar-refractivity contribution in [3.8, 4) is 0 Å². The number of aliphatic hydroxyl groups excluding tert-OH is 1. The topological polar surface area (TPSA) is 57.2 Å². The summed E-state index contributed by atoms with van der Waals surface area (Å²) < 4.78 is 23.8. The Morgan fingerprint density at radius 2 is 1.39 bits per heavy atom. The number of ether oxygens (including phenoxy) is 4. The second-order valence-electron chi connectivity index (χ2n) is 6.84. The second kappa shape index (κ2) is 10.5. The fourth-order valence-corrected chi connectivity index (χ4v) is 3.30. The number of rotatable bonds is 9. The summed E-state index contributed by atoms with van der Waals surface area (Å²) in [5.41, 5.74) is 2.05. The zero-order chi connectivity index (χ0) is 19.8. The van der Waals surface area contributed by atoms with Crippen LogP contribution in [-0.2, 0) is 32.2 Å². The van der Waals surface area contributed by atoms with Crippen molar-refractivity contribution < 1.29 is 24.1 Å². The normalized spacial score (nSPS) is 27.4. The number of aliphatic hydroxyl groups is 1. The number of hydrogen-bond acceptors (Lipinski definition) is 5. The second-order valence-corrected chi connectivity index (χ2v) is 6.84. The SMILES string of the molecule is C=CCO[C@H]1[C@H](OCc2ccccc2)[C@@H](OCc2ccccc2)C(O)O[C@@H]1C. The van der Waals surface area contributed by atoms with Crippen molar-refractivity contribution in [2.24, 2.45) is 0 Å². The molecule has 0 aliphatic carbocycles. The maximum atomic E-state index is 10.5. The van der Waals surface area contributed by atoms with Gasteiger partial charge in [-0.2, -0.15) is 0 Å². The predicted octanol–water partition coefficient (Wildman–Crippen LogP) is 3.47. The molecule has 0 bridgehead atoms. The van der Waals surface area contributed by atoms with Crippen LogP contribution in [0, 0.1) is 0 Å². The molecule has 0 radical (unpaired) electrons. The summed E-state index contributed by atoms with van der Waals surface area (Å²) >= 11 is 0. The first-order valence-electron chi connectivity index (χ1n) is 9.56.